The van der Waals surface area contributed by atoms with E-state index in [9.17, 15) is 0 Å². The maximum atomic E-state index is 5.97. The van der Waals surface area contributed by atoms with E-state index >= 15 is 0 Å². The quantitative estimate of drug-likeness (QED) is 0.399. The Bertz CT molecular complexity index is 597. The molecule has 2 rings (SSSR count). The summed E-state index contributed by atoms with van der Waals surface area (Å²) in [5.41, 5.74) is 3.57. The molecule has 0 spiro atoms. The maximum absolute atomic E-state index is 5.97. The average Bonchev–Trinajstić information content (AvgIpc) is 2.60. The number of hydrogen-bond donors (Lipinski definition) is 0. The number of rotatable bonds is 8. The monoisotopic (exact) mass is 376 g/mol. The molecule has 1 aliphatic rings. The van der Waals surface area contributed by atoms with Crippen LogP contribution in [0.5, 0.6) is 0 Å². The Balaban J connectivity index is 1.89. The van der Waals surface area contributed by atoms with Gasteiger partial charge in [-0.1, -0.05) is 28.9 Å². The highest BCUT2D eigenvalue weighted by Gasteiger charge is 2.15. The van der Waals surface area contributed by atoms with Crippen molar-refractivity contribution >= 4 is 23.4 Å². The fourth-order valence-electron chi connectivity index (χ4n) is 3.48. The van der Waals surface area contributed by atoms with E-state index in [0.29, 0.717) is 18.7 Å². The molecule has 0 saturated heterocycles. The zero-order valence-corrected chi connectivity index (χ0v) is 17.4. The number of benzene rings is 1. The lowest BCUT2D eigenvalue weighted by molar-refractivity contribution is 0.111. The molecule has 144 valence electrons. The van der Waals surface area contributed by atoms with Gasteiger partial charge in [-0.05, 0) is 89.1 Å². The Morgan fingerprint density at radius 3 is 2.38 bits per heavy atom. The summed E-state index contributed by atoms with van der Waals surface area (Å²) in [6.45, 7) is 10.7. The van der Waals surface area contributed by atoms with Crippen molar-refractivity contribution in [2.45, 2.75) is 71.9 Å². The van der Waals surface area contributed by atoms with Gasteiger partial charge in [-0.3, -0.25) is 4.90 Å². The molecule has 0 aromatic heterocycles. The van der Waals surface area contributed by atoms with Gasteiger partial charge in [0.15, 0.2) is 0 Å². The van der Waals surface area contributed by atoms with Gasteiger partial charge >= 0.3 is 0 Å². The Labute approximate surface area is 164 Å². The van der Waals surface area contributed by atoms with E-state index < -0.39 is 0 Å². The third-order valence-electron chi connectivity index (χ3n) is 4.84. The first kappa shape index (κ1) is 21.0. The molecule has 4 heteroatoms. The number of hydrogen-bond acceptors (Lipinski definition) is 3. The second kappa shape index (κ2) is 10.7. The zero-order chi connectivity index (χ0) is 18.9. The molecule has 0 bridgehead atoms. The summed E-state index contributed by atoms with van der Waals surface area (Å²) < 4.78 is 0. The Hall–Kier alpha value is -1.32. The molecule has 0 unspecified atom stereocenters. The largest absolute Gasteiger partial charge is 0.396 e. The van der Waals surface area contributed by atoms with Crippen LogP contribution in [0.3, 0.4) is 0 Å². The molecule has 1 aromatic rings. The lowest BCUT2D eigenvalue weighted by atomic mass is 9.91. The highest BCUT2D eigenvalue weighted by Crippen LogP contribution is 2.24. The summed E-state index contributed by atoms with van der Waals surface area (Å²) in [4.78, 5) is 8.16. The predicted molar refractivity (Wildman–Crippen MR) is 113 cm³/mol. The zero-order valence-electron chi connectivity index (χ0n) is 16.7. The van der Waals surface area contributed by atoms with Gasteiger partial charge in [0.25, 0.3) is 0 Å². The van der Waals surface area contributed by atoms with Crippen molar-refractivity contribution in [1.82, 2.24) is 4.90 Å². The van der Waals surface area contributed by atoms with E-state index in [2.05, 4.69) is 56.0 Å². The molecule has 0 amide bonds. The minimum absolute atomic E-state index is 0.563. The van der Waals surface area contributed by atoms with Crippen LogP contribution in [0.2, 0.25) is 5.02 Å². The van der Waals surface area contributed by atoms with E-state index in [4.69, 9.17) is 16.4 Å². The third kappa shape index (κ3) is 6.77. The summed E-state index contributed by atoms with van der Waals surface area (Å²) in [6, 6.07) is 9.09. The van der Waals surface area contributed by atoms with Gasteiger partial charge in [-0.25, -0.2) is 0 Å². The molecule has 1 aliphatic carbocycles. The SMILES string of the molecule is CC(C)N(CCCON=C1CCCC/C1=C/c1ccc(Cl)cc1)C(C)C. The highest BCUT2D eigenvalue weighted by molar-refractivity contribution is 6.30. The smallest absolute Gasteiger partial charge is 0.118 e. The molecule has 1 fully saturated rings. The van der Waals surface area contributed by atoms with Crippen LogP contribution in [0.25, 0.3) is 6.08 Å². The summed E-state index contributed by atoms with van der Waals surface area (Å²) in [7, 11) is 0. The van der Waals surface area contributed by atoms with Crippen LogP contribution in [0.15, 0.2) is 35.0 Å². The van der Waals surface area contributed by atoms with Crippen molar-refractivity contribution in [3.8, 4) is 0 Å². The Morgan fingerprint density at radius 2 is 1.73 bits per heavy atom. The Morgan fingerprint density at radius 1 is 1.08 bits per heavy atom. The first-order valence-corrected chi connectivity index (χ1v) is 10.3. The molecular weight excluding hydrogens is 344 g/mol. The standard InChI is InChI=1S/C22H33ClN2O/c1-17(2)25(18(3)4)14-7-15-26-24-22-9-6-5-8-20(22)16-19-10-12-21(23)13-11-19/h10-13,16-18H,5-9,14-15H2,1-4H3/b20-16-,24-22?. The van der Waals surface area contributed by atoms with Crippen LogP contribution in [0, 0.1) is 0 Å². The minimum atomic E-state index is 0.563. The lowest BCUT2D eigenvalue weighted by Crippen LogP contribution is -2.38. The fourth-order valence-corrected chi connectivity index (χ4v) is 3.61. The van der Waals surface area contributed by atoms with Crippen LogP contribution in [0.4, 0.5) is 0 Å². The first-order chi connectivity index (χ1) is 12.5. The average molecular weight is 377 g/mol. The van der Waals surface area contributed by atoms with Crippen LogP contribution in [0.1, 0.15) is 65.4 Å². The molecule has 3 nitrogen and oxygen atoms in total. The molecule has 0 aliphatic heterocycles. The van der Waals surface area contributed by atoms with E-state index in [0.717, 1.165) is 36.5 Å². The second-order valence-electron chi connectivity index (χ2n) is 7.58. The Kier molecular flexibility index (Phi) is 8.67. The third-order valence-corrected chi connectivity index (χ3v) is 5.10. The van der Waals surface area contributed by atoms with Crippen LogP contribution in [-0.4, -0.2) is 35.8 Å². The number of oxime groups is 1. The molecule has 0 atom stereocenters. The normalized spacial score (nSPS) is 18.5. The minimum Gasteiger partial charge on any atom is -0.396 e. The van der Waals surface area contributed by atoms with Gasteiger partial charge in [-0.2, -0.15) is 0 Å². The second-order valence-corrected chi connectivity index (χ2v) is 8.01. The van der Waals surface area contributed by atoms with Gasteiger partial charge in [0.05, 0.1) is 5.71 Å². The highest BCUT2D eigenvalue weighted by atomic mass is 35.5. The van der Waals surface area contributed by atoms with E-state index in [1.807, 2.05) is 12.1 Å². The molecule has 1 saturated carbocycles. The van der Waals surface area contributed by atoms with Crippen LogP contribution < -0.4 is 0 Å². The molecular formula is C22H33ClN2O. The summed E-state index contributed by atoms with van der Waals surface area (Å²) in [5, 5.41) is 5.24. The fraction of sp³-hybridized carbons (Fsp3) is 0.591. The van der Waals surface area contributed by atoms with Crippen molar-refractivity contribution in [1.29, 1.82) is 0 Å². The topological polar surface area (TPSA) is 24.8 Å². The van der Waals surface area contributed by atoms with Crippen molar-refractivity contribution in [3.63, 3.8) is 0 Å². The molecule has 0 heterocycles. The number of halogens is 1. The summed E-state index contributed by atoms with van der Waals surface area (Å²) in [6.07, 6.45) is 7.70. The van der Waals surface area contributed by atoms with Crippen molar-refractivity contribution in [2.75, 3.05) is 13.2 Å². The van der Waals surface area contributed by atoms with Gasteiger partial charge in [0.2, 0.25) is 0 Å². The van der Waals surface area contributed by atoms with Crippen LogP contribution in [-0.2, 0) is 4.84 Å². The van der Waals surface area contributed by atoms with Gasteiger partial charge in [-0.15, -0.1) is 0 Å². The van der Waals surface area contributed by atoms with Crippen molar-refractivity contribution < 1.29 is 4.84 Å². The molecule has 1 aromatic carbocycles. The molecule has 0 N–H and O–H groups in total. The van der Waals surface area contributed by atoms with E-state index in [1.165, 1.54) is 24.0 Å². The maximum Gasteiger partial charge on any atom is 0.118 e. The molecule has 0 radical (unpaired) electrons. The van der Waals surface area contributed by atoms with Gasteiger partial charge in [0, 0.05) is 23.7 Å². The first-order valence-electron chi connectivity index (χ1n) is 9.88. The van der Waals surface area contributed by atoms with E-state index in [1.54, 1.807) is 0 Å². The summed E-state index contributed by atoms with van der Waals surface area (Å²) in [5.74, 6) is 0. The molecule has 26 heavy (non-hydrogen) atoms. The van der Waals surface area contributed by atoms with Crippen molar-refractivity contribution in [3.05, 3.63) is 40.4 Å². The van der Waals surface area contributed by atoms with Gasteiger partial charge in [0.1, 0.15) is 6.61 Å². The van der Waals surface area contributed by atoms with Gasteiger partial charge < -0.3 is 4.84 Å². The number of nitrogens with zero attached hydrogens (tertiary/aromatic N) is 2. The van der Waals surface area contributed by atoms with E-state index in [-0.39, 0.29) is 0 Å². The van der Waals surface area contributed by atoms with Crippen LogP contribution >= 0.6 is 11.6 Å². The predicted octanol–water partition coefficient (Wildman–Crippen LogP) is 6.18. The summed E-state index contributed by atoms with van der Waals surface area (Å²) >= 11 is 5.97. The van der Waals surface area contributed by atoms with Crippen molar-refractivity contribution in [2.24, 2.45) is 5.16 Å². The lowest BCUT2D eigenvalue weighted by Gasteiger charge is -2.30. The number of allylic oxidation sites excluding steroid dienone is 1.